The van der Waals surface area contributed by atoms with Crippen LogP contribution in [0.25, 0.3) is 0 Å². The molecule has 0 spiro atoms. The smallest absolute Gasteiger partial charge is 0.0611 e. The van der Waals surface area contributed by atoms with Crippen LogP contribution in [0.1, 0.15) is 51.9 Å². The minimum Gasteiger partial charge on any atom is -0.394 e. The first-order chi connectivity index (χ1) is 6.20. The van der Waals surface area contributed by atoms with Crippen molar-refractivity contribution in [2.45, 2.75) is 57.4 Å². The molecule has 2 atom stereocenters. The molecule has 0 aliphatic heterocycles. The fourth-order valence-corrected chi connectivity index (χ4v) is 2.36. The van der Waals surface area contributed by atoms with Gasteiger partial charge >= 0.3 is 0 Å². The first-order valence-electron chi connectivity index (χ1n) is 5.60. The molecule has 13 heavy (non-hydrogen) atoms. The van der Waals surface area contributed by atoms with E-state index in [-0.39, 0.29) is 12.1 Å². The highest BCUT2D eigenvalue weighted by molar-refractivity contribution is 4.86. The van der Waals surface area contributed by atoms with Crippen LogP contribution in [-0.2, 0) is 0 Å². The van der Waals surface area contributed by atoms with Gasteiger partial charge in [0.1, 0.15) is 0 Å². The van der Waals surface area contributed by atoms with E-state index in [9.17, 15) is 0 Å². The molecule has 0 saturated heterocycles. The van der Waals surface area contributed by atoms with Crippen molar-refractivity contribution in [3.63, 3.8) is 0 Å². The maximum absolute atomic E-state index is 9.17. The van der Waals surface area contributed by atoms with Gasteiger partial charge in [0.15, 0.2) is 0 Å². The van der Waals surface area contributed by atoms with Crippen molar-refractivity contribution in [2.75, 3.05) is 6.61 Å². The molecule has 2 nitrogen and oxygen atoms in total. The molecule has 0 aromatic heterocycles. The molecule has 78 valence electrons. The van der Waals surface area contributed by atoms with Gasteiger partial charge in [-0.15, -0.1) is 0 Å². The Morgan fingerprint density at radius 2 is 2.15 bits per heavy atom. The zero-order valence-corrected chi connectivity index (χ0v) is 8.76. The molecular formula is C11H23NO. The number of aliphatic hydroxyl groups excluding tert-OH is 1. The lowest BCUT2D eigenvalue weighted by Gasteiger charge is -2.25. The van der Waals surface area contributed by atoms with Gasteiger partial charge < -0.3 is 10.8 Å². The molecule has 0 amide bonds. The van der Waals surface area contributed by atoms with Gasteiger partial charge in [0.2, 0.25) is 0 Å². The first kappa shape index (κ1) is 11.0. The second kappa shape index (κ2) is 4.97. The Kier molecular flexibility index (Phi) is 4.20. The van der Waals surface area contributed by atoms with Crippen LogP contribution in [0.3, 0.4) is 0 Å². The van der Waals surface area contributed by atoms with E-state index < -0.39 is 0 Å². The van der Waals surface area contributed by atoms with E-state index in [0.717, 1.165) is 18.8 Å². The van der Waals surface area contributed by atoms with Gasteiger partial charge in [0.25, 0.3) is 0 Å². The normalized spacial score (nSPS) is 35.8. The van der Waals surface area contributed by atoms with Gasteiger partial charge in [0.05, 0.1) is 6.61 Å². The summed E-state index contributed by atoms with van der Waals surface area (Å²) in [5.74, 6) is 0.863. The number of aliphatic hydroxyl groups is 1. The Hall–Kier alpha value is -0.0800. The summed E-state index contributed by atoms with van der Waals surface area (Å²) < 4.78 is 0. The molecule has 2 unspecified atom stereocenters. The van der Waals surface area contributed by atoms with E-state index in [1.165, 1.54) is 32.1 Å². The van der Waals surface area contributed by atoms with E-state index in [2.05, 4.69) is 6.92 Å². The van der Waals surface area contributed by atoms with Crippen LogP contribution in [0.5, 0.6) is 0 Å². The molecule has 1 rings (SSSR count). The zero-order chi connectivity index (χ0) is 9.73. The van der Waals surface area contributed by atoms with Gasteiger partial charge in [-0.2, -0.15) is 0 Å². The summed E-state index contributed by atoms with van der Waals surface area (Å²) in [5, 5.41) is 9.17. The van der Waals surface area contributed by atoms with Crippen molar-refractivity contribution in [3.05, 3.63) is 0 Å². The molecule has 1 aliphatic carbocycles. The molecule has 1 fully saturated rings. The Balaban J connectivity index is 2.39. The van der Waals surface area contributed by atoms with Crippen molar-refractivity contribution >= 4 is 0 Å². The third-order valence-electron chi connectivity index (χ3n) is 3.35. The van der Waals surface area contributed by atoms with Gasteiger partial charge in [-0.25, -0.2) is 0 Å². The average Bonchev–Trinajstić information content (AvgIpc) is 2.31. The fraction of sp³-hybridized carbons (Fsp3) is 1.00. The highest BCUT2D eigenvalue weighted by atomic mass is 16.3. The molecule has 0 heterocycles. The number of nitrogens with two attached hydrogens (primary N) is 1. The monoisotopic (exact) mass is 185 g/mol. The maximum atomic E-state index is 9.17. The summed E-state index contributed by atoms with van der Waals surface area (Å²) in [6.07, 6.45) is 8.35. The van der Waals surface area contributed by atoms with Crippen molar-refractivity contribution in [3.8, 4) is 0 Å². The Morgan fingerprint density at radius 1 is 1.38 bits per heavy atom. The predicted octanol–water partition coefficient (Wildman–Crippen LogP) is 2.06. The SMILES string of the molecule is CCCC1CCCC(N)(CO)CC1. The highest BCUT2D eigenvalue weighted by Crippen LogP contribution is 2.30. The van der Waals surface area contributed by atoms with E-state index in [1.807, 2.05) is 0 Å². The molecule has 0 aromatic rings. The lowest BCUT2D eigenvalue weighted by molar-refractivity contribution is 0.178. The Morgan fingerprint density at radius 3 is 2.77 bits per heavy atom. The maximum Gasteiger partial charge on any atom is 0.0611 e. The largest absolute Gasteiger partial charge is 0.394 e. The van der Waals surface area contributed by atoms with E-state index in [0.29, 0.717) is 0 Å². The number of rotatable bonds is 3. The van der Waals surface area contributed by atoms with E-state index in [4.69, 9.17) is 10.8 Å². The van der Waals surface area contributed by atoms with Crippen LogP contribution in [-0.4, -0.2) is 17.3 Å². The quantitative estimate of drug-likeness (QED) is 0.661. The first-order valence-corrected chi connectivity index (χ1v) is 5.60. The zero-order valence-electron chi connectivity index (χ0n) is 8.76. The number of hydrogen-bond acceptors (Lipinski definition) is 2. The second-order valence-electron chi connectivity index (χ2n) is 4.61. The molecule has 2 heteroatoms. The molecule has 1 aliphatic rings. The van der Waals surface area contributed by atoms with Gasteiger partial charge in [0, 0.05) is 5.54 Å². The van der Waals surface area contributed by atoms with Gasteiger partial charge in [-0.1, -0.05) is 32.6 Å². The van der Waals surface area contributed by atoms with Crippen molar-refractivity contribution in [1.29, 1.82) is 0 Å². The van der Waals surface area contributed by atoms with Crippen LogP contribution in [0.2, 0.25) is 0 Å². The lowest BCUT2D eigenvalue weighted by atomic mass is 9.91. The third-order valence-corrected chi connectivity index (χ3v) is 3.35. The standard InChI is InChI=1S/C11H23NO/c1-2-4-10-5-3-7-11(12,9-13)8-6-10/h10,13H,2-9,12H2,1H3. The summed E-state index contributed by atoms with van der Waals surface area (Å²) in [4.78, 5) is 0. The highest BCUT2D eigenvalue weighted by Gasteiger charge is 2.27. The van der Waals surface area contributed by atoms with E-state index in [1.54, 1.807) is 0 Å². The fourth-order valence-electron chi connectivity index (χ4n) is 2.36. The van der Waals surface area contributed by atoms with Gasteiger partial charge in [-0.05, 0) is 25.2 Å². The minimum atomic E-state index is -0.261. The molecule has 0 bridgehead atoms. The van der Waals surface area contributed by atoms with Crippen molar-refractivity contribution in [2.24, 2.45) is 11.7 Å². The Bertz CT molecular complexity index is 149. The van der Waals surface area contributed by atoms with Crippen LogP contribution >= 0.6 is 0 Å². The number of hydrogen-bond donors (Lipinski definition) is 2. The summed E-state index contributed by atoms with van der Waals surface area (Å²) in [5.41, 5.74) is 5.81. The molecule has 1 saturated carbocycles. The molecule has 0 aromatic carbocycles. The predicted molar refractivity (Wildman–Crippen MR) is 55.5 cm³/mol. The summed E-state index contributed by atoms with van der Waals surface area (Å²) in [6, 6.07) is 0. The summed E-state index contributed by atoms with van der Waals surface area (Å²) in [7, 11) is 0. The van der Waals surface area contributed by atoms with Gasteiger partial charge in [-0.3, -0.25) is 0 Å². The van der Waals surface area contributed by atoms with Crippen LogP contribution in [0.4, 0.5) is 0 Å². The van der Waals surface area contributed by atoms with Crippen LogP contribution in [0.15, 0.2) is 0 Å². The Labute approximate surface area is 81.5 Å². The average molecular weight is 185 g/mol. The third kappa shape index (κ3) is 3.28. The van der Waals surface area contributed by atoms with Crippen molar-refractivity contribution in [1.82, 2.24) is 0 Å². The van der Waals surface area contributed by atoms with E-state index >= 15 is 0 Å². The topological polar surface area (TPSA) is 46.2 Å². The lowest BCUT2D eigenvalue weighted by Crippen LogP contribution is -2.42. The van der Waals surface area contributed by atoms with Crippen LogP contribution < -0.4 is 5.73 Å². The molecular weight excluding hydrogens is 162 g/mol. The second-order valence-corrected chi connectivity index (χ2v) is 4.61. The van der Waals surface area contributed by atoms with Crippen LogP contribution in [0, 0.1) is 5.92 Å². The summed E-state index contributed by atoms with van der Waals surface area (Å²) in [6.45, 7) is 2.40. The minimum absolute atomic E-state index is 0.159. The molecule has 3 N–H and O–H groups in total. The van der Waals surface area contributed by atoms with Crippen molar-refractivity contribution < 1.29 is 5.11 Å². The summed E-state index contributed by atoms with van der Waals surface area (Å²) >= 11 is 0. The molecule has 0 radical (unpaired) electrons.